The Bertz CT molecular complexity index is 1520. The molecule has 1 fully saturated rings. The molecular weight excluding hydrogens is 973 g/mol. The number of hydrogen-bond donors (Lipinski definition) is 3. The normalized spacial score (nSPS) is 18.3. The molecule has 0 aromatic carbocycles. The molecule has 3 N–H and O–H groups in total. The van der Waals surface area contributed by atoms with E-state index in [0.29, 0.717) is 25.7 Å². The van der Waals surface area contributed by atoms with Gasteiger partial charge in [0.1, 0.15) is 18.8 Å². The van der Waals surface area contributed by atoms with Gasteiger partial charge in [0.25, 0.3) is 0 Å². The Balaban J connectivity index is 2.66. The highest BCUT2D eigenvalue weighted by atomic mass is 16.7. The van der Waals surface area contributed by atoms with Crippen LogP contribution in [-0.2, 0) is 42.9 Å². The molecule has 12 nitrogen and oxygen atoms in total. The molecule has 0 aromatic heterocycles. The maximum Gasteiger partial charge on any atom is 0.335 e. The number of hydrogen-bond acceptors (Lipinski definition) is 11. The fourth-order valence-electron chi connectivity index (χ4n) is 9.62. The summed E-state index contributed by atoms with van der Waals surface area (Å²) in [7, 11) is 0. The number of carbonyl (C=O) groups is 4. The molecule has 1 aliphatic heterocycles. The predicted octanol–water partition coefficient (Wildman–Crippen LogP) is 16.6. The molecule has 0 radical (unpaired) electrons. The van der Waals surface area contributed by atoms with Crippen LogP contribution in [0, 0.1) is 0 Å². The number of aliphatic hydroxyl groups is 2. The van der Waals surface area contributed by atoms with E-state index in [1.807, 2.05) is 18.2 Å². The minimum absolute atomic E-state index is 0.0579. The topological polar surface area (TPSA) is 175 Å². The molecular formula is C65H114O12. The van der Waals surface area contributed by atoms with Crippen molar-refractivity contribution in [1.29, 1.82) is 0 Å². The van der Waals surface area contributed by atoms with Crippen molar-refractivity contribution >= 4 is 23.9 Å². The van der Waals surface area contributed by atoms with E-state index in [9.17, 15) is 34.5 Å². The summed E-state index contributed by atoms with van der Waals surface area (Å²) in [6.07, 6.45) is 52.4. The quantitative estimate of drug-likeness (QED) is 0.0228. The van der Waals surface area contributed by atoms with Crippen molar-refractivity contribution in [2.24, 2.45) is 0 Å². The largest absolute Gasteiger partial charge is 0.479 e. The summed E-state index contributed by atoms with van der Waals surface area (Å²) in [5, 5.41) is 31.5. The van der Waals surface area contributed by atoms with Crippen molar-refractivity contribution < 1.29 is 58.2 Å². The van der Waals surface area contributed by atoms with Gasteiger partial charge in [0.2, 0.25) is 0 Å². The maximum atomic E-state index is 13.2. The molecule has 6 atom stereocenters. The number of rotatable bonds is 54. The molecule has 0 saturated carbocycles. The third kappa shape index (κ3) is 43.2. The van der Waals surface area contributed by atoms with Crippen molar-refractivity contribution in [3.8, 4) is 0 Å². The molecule has 1 heterocycles. The first-order valence-corrected chi connectivity index (χ1v) is 31.6. The third-order valence-electron chi connectivity index (χ3n) is 14.4. The van der Waals surface area contributed by atoms with Crippen molar-refractivity contribution in [3.63, 3.8) is 0 Å². The van der Waals surface area contributed by atoms with Crippen LogP contribution in [0.25, 0.3) is 0 Å². The second kappa shape index (κ2) is 53.3. The van der Waals surface area contributed by atoms with Crippen molar-refractivity contribution in [3.05, 3.63) is 48.6 Å². The molecule has 1 rings (SSSR count). The smallest absolute Gasteiger partial charge is 0.335 e. The fraction of sp³-hybridized carbons (Fsp3) is 0.815. The Morgan fingerprint density at radius 2 is 0.818 bits per heavy atom. The lowest BCUT2D eigenvalue weighted by molar-refractivity contribution is -0.301. The van der Waals surface area contributed by atoms with Gasteiger partial charge < -0.3 is 39.0 Å². The van der Waals surface area contributed by atoms with E-state index in [-0.39, 0.29) is 25.9 Å². The average molecular weight is 1090 g/mol. The lowest BCUT2D eigenvalue weighted by Crippen LogP contribution is -2.61. The van der Waals surface area contributed by atoms with E-state index < -0.39 is 67.3 Å². The van der Waals surface area contributed by atoms with Crippen LogP contribution in [0.1, 0.15) is 290 Å². The number of unbranched alkanes of at least 4 members (excludes halogenated alkanes) is 32. The Labute approximate surface area is 469 Å². The zero-order valence-electron chi connectivity index (χ0n) is 49.2. The molecule has 0 bridgehead atoms. The van der Waals surface area contributed by atoms with E-state index in [1.54, 1.807) is 0 Å². The predicted molar refractivity (Wildman–Crippen MR) is 312 cm³/mol. The van der Waals surface area contributed by atoms with Crippen LogP contribution in [0.15, 0.2) is 48.6 Å². The van der Waals surface area contributed by atoms with Crippen molar-refractivity contribution in [2.75, 3.05) is 13.2 Å². The molecule has 446 valence electrons. The molecule has 1 aliphatic rings. The van der Waals surface area contributed by atoms with Gasteiger partial charge in [-0.1, -0.05) is 275 Å². The molecule has 0 spiro atoms. The number of aliphatic carboxylic acids is 1. The number of ether oxygens (including phenoxy) is 5. The van der Waals surface area contributed by atoms with Crippen LogP contribution < -0.4 is 0 Å². The van der Waals surface area contributed by atoms with Gasteiger partial charge in [-0.25, -0.2) is 4.79 Å². The average Bonchev–Trinajstić information content (AvgIpc) is 3.42. The summed E-state index contributed by atoms with van der Waals surface area (Å²) >= 11 is 0. The summed E-state index contributed by atoms with van der Waals surface area (Å²) in [6.45, 7) is 5.88. The first kappa shape index (κ1) is 71.7. The summed E-state index contributed by atoms with van der Waals surface area (Å²) < 4.78 is 28.4. The highest BCUT2D eigenvalue weighted by Gasteiger charge is 2.50. The van der Waals surface area contributed by atoms with E-state index in [0.717, 1.165) is 57.8 Å². The molecule has 12 heteroatoms. The Hall–Kier alpha value is -3.32. The zero-order chi connectivity index (χ0) is 56.1. The number of carbonyl (C=O) groups excluding carboxylic acids is 3. The minimum Gasteiger partial charge on any atom is -0.479 e. The molecule has 1 saturated heterocycles. The standard InChI is InChI=1S/C65H114O12/c1-4-7-10-13-16-19-22-25-27-28-29-30-32-34-36-39-42-45-48-51-57(66)73-54-56(75-58(67)52-49-46-43-40-38-35-31-26-23-20-17-14-11-8-5-2)55-74-65-63(61(70)60(69)62(77-65)64(71)72)76-59(68)53-50-47-44-41-37-33-24-21-18-15-12-9-6-3/h9,12,18,21,33,37,44,47,56,60-63,65,69-70H,4-8,10-11,13-17,19-20,22-32,34-36,38-43,45-46,48-55H2,1-3H3,(H,71,72)/b12-9-,21-18-,37-33-,47-44-. The fourth-order valence-corrected chi connectivity index (χ4v) is 9.62. The Morgan fingerprint density at radius 1 is 0.442 bits per heavy atom. The highest BCUT2D eigenvalue weighted by Crippen LogP contribution is 2.26. The second-order valence-electron chi connectivity index (χ2n) is 21.7. The van der Waals surface area contributed by atoms with Gasteiger partial charge in [0.15, 0.2) is 24.6 Å². The van der Waals surface area contributed by atoms with Crippen LogP contribution >= 0.6 is 0 Å². The van der Waals surface area contributed by atoms with Gasteiger partial charge in [-0.15, -0.1) is 0 Å². The Morgan fingerprint density at radius 3 is 1.22 bits per heavy atom. The van der Waals surface area contributed by atoms with E-state index in [4.69, 9.17) is 23.7 Å². The van der Waals surface area contributed by atoms with Crippen LogP contribution in [0.5, 0.6) is 0 Å². The number of aliphatic hydroxyl groups excluding tert-OH is 2. The second-order valence-corrected chi connectivity index (χ2v) is 21.7. The molecule has 0 aromatic rings. The van der Waals surface area contributed by atoms with Crippen molar-refractivity contribution in [1.82, 2.24) is 0 Å². The maximum absolute atomic E-state index is 13.2. The van der Waals surface area contributed by atoms with E-state index >= 15 is 0 Å². The number of carboxylic acid groups (broad SMARTS) is 1. The molecule has 77 heavy (non-hydrogen) atoms. The highest BCUT2D eigenvalue weighted by molar-refractivity contribution is 5.74. The lowest BCUT2D eigenvalue weighted by Gasteiger charge is -2.40. The molecule has 0 amide bonds. The van der Waals surface area contributed by atoms with Gasteiger partial charge in [-0.2, -0.15) is 0 Å². The van der Waals surface area contributed by atoms with Crippen LogP contribution in [0.2, 0.25) is 0 Å². The molecule has 0 aliphatic carbocycles. The van der Waals surface area contributed by atoms with E-state index in [2.05, 4.69) is 51.2 Å². The van der Waals surface area contributed by atoms with Gasteiger partial charge in [-0.05, 0) is 44.9 Å². The van der Waals surface area contributed by atoms with Gasteiger partial charge in [0, 0.05) is 19.3 Å². The number of esters is 3. The summed E-state index contributed by atoms with van der Waals surface area (Å²) in [5.41, 5.74) is 0. The molecule has 6 unspecified atom stereocenters. The van der Waals surface area contributed by atoms with Crippen molar-refractivity contribution in [2.45, 2.75) is 327 Å². The summed E-state index contributed by atoms with van der Waals surface area (Å²) in [5.74, 6) is -3.20. The summed E-state index contributed by atoms with van der Waals surface area (Å²) in [6, 6.07) is 0. The van der Waals surface area contributed by atoms with E-state index in [1.165, 1.54) is 167 Å². The number of carboxylic acids is 1. The van der Waals surface area contributed by atoms with Gasteiger partial charge in [-0.3, -0.25) is 14.4 Å². The number of allylic oxidation sites excluding steroid dienone is 8. The van der Waals surface area contributed by atoms with Crippen LogP contribution in [0.4, 0.5) is 0 Å². The third-order valence-corrected chi connectivity index (χ3v) is 14.4. The monoisotopic (exact) mass is 1090 g/mol. The minimum atomic E-state index is -1.92. The zero-order valence-corrected chi connectivity index (χ0v) is 49.2. The van der Waals surface area contributed by atoms with Gasteiger partial charge in [0.05, 0.1) is 6.61 Å². The first-order chi connectivity index (χ1) is 37.6. The Kier molecular flexibility index (Phi) is 49.7. The SMILES string of the molecule is CC/C=C\C/C=C\C/C=C\C/C=C\CCC(=O)OC1C(OCC(COC(=O)CCCCCCCCCCCCCCCCCCCCC)OC(=O)CCCCCCCCCCCCCCCCC)OC(C(=O)O)C(O)C1O. The lowest BCUT2D eigenvalue weighted by atomic mass is 9.98. The summed E-state index contributed by atoms with van der Waals surface area (Å²) in [4.78, 5) is 51.2. The van der Waals surface area contributed by atoms with Crippen LogP contribution in [-0.4, -0.2) is 89.2 Å². The van der Waals surface area contributed by atoms with Gasteiger partial charge >= 0.3 is 23.9 Å². The van der Waals surface area contributed by atoms with Crippen LogP contribution in [0.3, 0.4) is 0 Å². The first-order valence-electron chi connectivity index (χ1n) is 31.6.